The topological polar surface area (TPSA) is 74.6 Å². The van der Waals surface area contributed by atoms with Gasteiger partial charge in [0, 0.05) is 12.8 Å². The summed E-state index contributed by atoms with van der Waals surface area (Å²) in [7, 11) is 0. The van der Waals surface area contributed by atoms with Gasteiger partial charge in [0.05, 0.1) is 0 Å². The molecule has 0 aromatic rings. The molecule has 0 radical (unpaired) electrons. The molecule has 0 aliphatic carbocycles. The van der Waals surface area contributed by atoms with Crippen LogP contribution in [0.1, 0.15) is 35.0 Å². The van der Waals surface area contributed by atoms with Crippen molar-refractivity contribution in [2.24, 2.45) is 0 Å². The smallest absolute Gasteiger partial charge is 1.00 e. The van der Waals surface area contributed by atoms with Crippen LogP contribution in [0.3, 0.4) is 0 Å². The number of rotatable bonds is 6. The Balaban J connectivity index is -0.000000167. The number of carboxylic acids is 2. The van der Waals surface area contributed by atoms with Crippen molar-refractivity contribution in [2.75, 3.05) is 0 Å². The molecule has 0 aromatic carbocycles. The first kappa shape index (κ1) is 14.2. The summed E-state index contributed by atoms with van der Waals surface area (Å²) >= 11 is 0. The fraction of sp³-hybridized carbons (Fsp3) is 0.714. The van der Waals surface area contributed by atoms with E-state index >= 15 is 0 Å². The monoisotopic (exact) mass is 186 g/mol. The van der Waals surface area contributed by atoms with Crippen LogP contribution in [0.5, 0.6) is 0 Å². The van der Waals surface area contributed by atoms with Gasteiger partial charge in [-0.25, -0.2) is 0 Å². The van der Waals surface area contributed by atoms with E-state index < -0.39 is 11.9 Å². The molecule has 0 saturated carbocycles. The minimum atomic E-state index is -0.819. The van der Waals surface area contributed by atoms with Gasteiger partial charge in [0.1, 0.15) is 0 Å². The van der Waals surface area contributed by atoms with Crippen LogP contribution in [0.15, 0.2) is 0 Å². The van der Waals surface area contributed by atoms with E-state index in [1.54, 1.807) is 0 Å². The molecule has 12 heavy (non-hydrogen) atoms. The maximum absolute atomic E-state index is 9.98. The molecular formula is C7H14MgO4. The molecule has 0 heterocycles. The van der Waals surface area contributed by atoms with Gasteiger partial charge in [-0.2, -0.15) is 0 Å². The van der Waals surface area contributed by atoms with Gasteiger partial charge in [-0.05, 0) is 12.8 Å². The summed E-state index contributed by atoms with van der Waals surface area (Å²) < 4.78 is 0. The van der Waals surface area contributed by atoms with E-state index in [9.17, 15) is 9.59 Å². The molecule has 0 aromatic heterocycles. The van der Waals surface area contributed by atoms with E-state index in [1.165, 1.54) is 0 Å². The van der Waals surface area contributed by atoms with Gasteiger partial charge < -0.3 is 13.1 Å². The minimum Gasteiger partial charge on any atom is -1.00 e. The Labute approximate surface area is 90.1 Å². The second kappa shape index (κ2) is 8.80. The number of hydrogen-bond donors (Lipinski definition) is 2. The molecule has 68 valence electrons. The average Bonchev–Trinajstić information content (AvgIpc) is 1.85. The van der Waals surface area contributed by atoms with E-state index in [0.717, 1.165) is 0 Å². The maximum atomic E-state index is 9.98. The zero-order valence-electron chi connectivity index (χ0n) is 8.95. The van der Waals surface area contributed by atoms with Gasteiger partial charge in [-0.1, -0.05) is 6.42 Å². The quantitative estimate of drug-likeness (QED) is 0.478. The van der Waals surface area contributed by atoms with Gasteiger partial charge in [0.2, 0.25) is 0 Å². The van der Waals surface area contributed by atoms with Crippen molar-refractivity contribution in [3.05, 3.63) is 0 Å². The van der Waals surface area contributed by atoms with Crippen LogP contribution >= 0.6 is 0 Å². The van der Waals surface area contributed by atoms with Crippen LogP contribution in [-0.2, 0) is 9.59 Å². The van der Waals surface area contributed by atoms with Crippen molar-refractivity contribution < 1.29 is 22.7 Å². The van der Waals surface area contributed by atoms with Gasteiger partial charge in [-0.3, -0.25) is 9.59 Å². The van der Waals surface area contributed by atoms with Crippen molar-refractivity contribution in [3.63, 3.8) is 0 Å². The summed E-state index contributed by atoms with van der Waals surface area (Å²) in [5.74, 6) is -1.64. The molecule has 0 spiro atoms. The number of carbonyl (C=O) groups is 2. The molecule has 4 nitrogen and oxygen atoms in total. The third-order valence-corrected chi connectivity index (χ3v) is 1.28. The molecule has 0 fully saturated rings. The standard InChI is InChI=1S/C7H12O4.Mg.2H/c8-6(9)4-2-1-3-5-7(10)11;;;/h1-5H2,(H,8,9)(H,10,11);;;/q;+2;2*-1. The summed E-state index contributed by atoms with van der Waals surface area (Å²) in [4.78, 5) is 20.0. The Morgan fingerprint density at radius 1 is 0.917 bits per heavy atom. The molecular weight excluding hydrogens is 172 g/mol. The normalized spacial score (nSPS) is 8.67. The van der Waals surface area contributed by atoms with Crippen LogP contribution in [0.25, 0.3) is 0 Å². The predicted molar refractivity (Wildman–Crippen MR) is 46.3 cm³/mol. The van der Waals surface area contributed by atoms with Gasteiger partial charge >= 0.3 is 35.0 Å². The Morgan fingerprint density at radius 3 is 1.50 bits per heavy atom. The predicted octanol–water partition coefficient (Wildman–Crippen LogP) is 0.950. The third-order valence-electron chi connectivity index (χ3n) is 1.28. The van der Waals surface area contributed by atoms with Crippen LogP contribution in [0, 0.1) is 0 Å². The van der Waals surface area contributed by atoms with Crippen molar-refractivity contribution >= 4 is 35.0 Å². The first-order valence-corrected chi connectivity index (χ1v) is 3.56. The van der Waals surface area contributed by atoms with Crippen molar-refractivity contribution in [3.8, 4) is 0 Å². The van der Waals surface area contributed by atoms with E-state index in [4.69, 9.17) is 10.2 Å². The summed E-state index contributed by atoms with van der Waals surface area (Å²) in [5, 5.41) is 16.4. The summed E-state index contributed by atoms with van der Waals surface area (Å²) in [6.07, 6.45) is 2.10. The largest absolute Gasteiger partial charge is 2.00 e. The molecule has 0 unspecified atom stereocenters. The maximum Gasteiger partial charge on any atom is 2.00 e. The summed E-state index contributed by atoms with van der Waals surface area (Å²) in [6, 6.07) is 0. The average molecular weight is 186 g/mol. The molecule has 2 N–H and O–H groups in total. The van der Waals surface area contributed by atoms with Crippen LogP contribution < -0.4 is 0 Å². The SMILES string of the molecule is O=C(O)CCCCCC(=O)O.[H-].[H-].[Mg+2]. The van der Waals surface area contributed by atoms with Gasteiger partial charge in [-0.15, -0.1) is 0 Å². The van der Waals surface area contributed by atoms with Gasteiger partial charge in [0.15, 0.2) is 0 Å². The first-order chi connectivity index (χ1) is 5.13. The Hall–Kier alpha value is -0.294. The second-order valence-corrected chi connectivity index (χ2v) is 2.35. The third kappa shape index (κ3) is 12.4. The zero-order chi connectivity index (χ0) is 8.69. The minimum absolute atomic E-state index is 0. The summed E-state index contributed by atoms with van der Waals surface area (Å²) in [6.45, 7) is 0. The molecule has 0 atom stereocenters. The molecule has 0 rings (SSSR count). The number of hydrogen-bond acceptors (Lipinski definition) is 2. The van der Waals surface area contributed by atoms with Crippen LogP contribution in [-0.4, -0.2) is 45.2 Å². The Morgan fingerprint density at radius 2 is 1.25 bits per heavy atom. The summed E-state index contributed by atoms with van der Waals surface area (Å²) in [5.41, 5.74) is 0. The zero-order valence-corrected chi connectivity index (χ0v) is 8.37. The van der Waals surface area contributed by atoms with E-state index in [0.29, 0.717) is 19.3 Å². The molecule has 5 heteroatoms. The van der Waals surface area contributed by atoms with E-state index in [-0.39, 0.29) is 38.7 Å². The molecule has 0 saturated heterocycles. The van der Waals surface area contributed by atoms with Crippen molar-refractivity contribution in [2.45, 2.75) is 32.1 Å². The van der Waals surface area contributed by atoms with Crippen LogP contribution in [0.4, 0.5) is 0 Å². The molecule has 0 bridgehead atoms. The first-order valence-electron chi connectivity index (χ1n) is 3.56. The number of aliphatic carboxylic acids is 2. The number of carboxylic acid groups (broad SMARTS) is 2. The molecule has 0 amide bonds. The molecule has 0 aliphatic heterocycles. The van der Waals surface area contributed by atoms with Crippen molar-refractivity contribution in [1.29, 1.82) is 0 Å². The van der Waals surface area contributed by atoms with Crippen molar-refractivity contribution in [1.82, 2.24) is 0 Å². The Kier molecular flexibility index (Phi) is 10.4. The van der Waals surface area contributed by atoms with Gasteiger partial charge in [0.25, 0.3) is 0 Å². The number of unbranched alkanes of at least 4 members (excludes halogenated alkanes) is 2. The Bertz CT molecular complexity index is 139. The van der Waals surface area contributed by atoms with Crippen LogP contribution in [0.2, 0.25) is 0 Å². The molecule has 0 aliphatic rings. The van der Waals surface area contributed by atoms with E-state index in [2.05, 4.69) is 0 Å². The fourth-order valence-electron chi connectivity index (χ4n) is 0.729. The van der Waals surface area contributed by atoms with E-state index in [1.807, 2.05) is 0 Å². The fourth-order valence-corrected chi connectivity index (χ4v) is 0.729. The second-order valence-electron chi connectivity index (χ2n) is 2.35.